The number of hydrogen-bond donors (Lipinski definition) is 1. The number of carbonyl (C=O) groups excluding carboxylic acids is 2. The normalized spacial score (nSPS) is 11.9. The zero-order valence-corrected chi connectivity index (χ0v) is 17.4. The van der Waals surface area contributed by atoms with Gasteiger partial charge in [-0.25, -0.2) is 0 Å². The van der Waals surface area contributed by atoms with Gasteiger partial charge in [0, 0.05) is 25.9 Å². The summed E-state index contributed by atoms with van der Waals surface area (Å²) in [6, 6.07) is 17.5. The topological polar surface area (TPSA) is 49.4 Å². The lowest BCUT2D eigenvalue weighted by Gasteiger charge is -2.31. The molecule has 0 aromatic heterocycles. The van der Waals surface area contributed by atoms with Crippen LogP contribution in [0.25, 0.3) is 0 Å². The third kappa shape index (κ3) is 6.52. The van der Waals surface area contributed by atoms with Crippen molar-refractivity contribution in [1.82, 2.24) is 10.2 Å². The molecule has 0 unspecified atom stereocenters. The molecular weight excluding hydrogens is 348 g/mol. The van der Waals surface area contributed by atoms with Crippen molar-refractivity contribution in [3.63, 3.8) is 0 Å². The molecular formula is C24H32N2O2. The molecule has 150 valence electrons. The minimum Gasteiger partial charge on any atom is -0.354 e. The van der Waals surface area contributed by atoms with E-state index in [2.05, 4.69) is 25.2 Å². The summed E-state index contributed by atoms with van der Waals surface area (Å²) in [6.45, 7) is 9.04. The maximum Gasteiger partial charge on any atom is 0.243 e. The summed E-state index contributed by atoms with van der Waals surface area (Å²) in [6.07, 6.45) is 0.872. The third-order valence-corrected chi connectivity index (χ3v) is 4.69. The van der Waals surface area contributed by atoms with Crippen molar-refractivity contribution in [2.45, 2.75) is 53.1 Å². The van der Waals surface area contributed by atoms with Gasteiger partial charge in [-0.3, -0.25) is 9.59 Å². The van der Waals surface area contributed by atoms with Crippen molar-refractivity contribution in [2.75, 3.05) is 6.54 Å². The first kappa shape index (κ1) is 21.7. The number of aryl methyl sites for hydroxylation is 1. The van der Waals surface area contributed by atoms with Gasteiger partial charge in [0.15, 0.2) is 0 Å². The van der Waals surface area contributed by atoms with Crippen molar-refractivity contribution >= 4 is 11.8 Å². The zero-order valence-electron chi connectivity index (χ0n) is 17.4. The smallest absolute Gasteiger partial charge is 0.243 e. The Labute approximate surface area is 169 Å². The lowest BCUT2D eigenvalue weighted by atomic mass is 10.0. The van der Waals surface area contributed by atoms with Gasteiger partial charge >= 0.3 is 0 Å². The summed E-state index contributed by atoms with van der Waals surface area (Å²) in [5.74, 6) is 0.252. The highest BCUT2D eigenvalue weighted by Crippen LogP contribution is 2.16. The standard InChI is InChI=1S/C24H32N2O2/c1-5-23(27)26(17-21-13-9-10-19(4)14-21)22(24(28)25-16-18(2)3)15-20-11-7-6-8-12-20/h6-14,18,22H,5,15-17H2,1-4H3,(H,25,28)/t22-/m0/s1. The molecule has 2 amide bonds. The van der Waals surface area contributed by atoms with Gasteiger partial charge in [0.25, 0.3) is 0 Å². The van der Waals surface area contributed by atoms with E-state index in [1.807, 2.05) is 62.4 Å². The summed E-state index contributed by atoms with van der Waals surface area (Å²) in [5, 5.41) is 3.03. The molecule has 0 radical (unpaired) electrons. The average Bonchev–Trinajstić information content (AvgIpc) is 2.69. The van der Waals surface area contributed by atoms with Gasteiger partial charge in [-0.1, -0.05) is 80.9 Å². The summed E-state index contributed by atoms with van der Waals surface area (Å²) in [4.78, 5) is 27.6. The Morgan fingerprint density at radius 3 is 2.29 bits per heavy atom. The van der Waals surface area contributed by atoms with Crippen LogP contribution < -0.4 is 5.32 Å². The second-order valence-corrected chi connectivity index (χ2v) is 7.71. The van der Waals surface area contributed by atoms with Crippen molar-refractivity contribution in [3.05, 3.63) is 71.3 Å². The van der Waals surface area contributed by atoms with E-state index in [0.717, 1.165) is 16.7 Å². The van der Waals surface area contributed by atoms with Crippen LogP contribution in [0.15, 0.2) is 54.6 Å². The minimum atomic E-state index is -0.533. The Hall–Kier alpha value is -2.62. The third-order valence-electron chi connectivity index (χ3n) is 4.69. The fourth-order valence-corrected chi connectivity index (χ4v) is 3.19. The predicted octanol–water partition coefficient (Wildman–Crippen LogP) is 4.12. The average molecular weight is 381 g/mol. The number of hydrogen-bond acceptors (Lipinski definition) is 2. The lowest BCUT2D eigenvalue weighted by Crippen LogP contribution is -2.50. The highest BCUT2D eigenvalue weighted by molar-refractivity contribution is 5.87. The summed E-state index contributed by atoms with van der Waals surface area (Å²) < 4.78 is 0. The second-order valence-electron chi connectivity index (χ2n) is 7.71. The fraction of sp³-hybridized carbons (Fsp3) is 0.417. The Morgan fingerprint density at radius 1 is 1.00 bits per heavy atom. The van der Waals surface area contributed by atoms with Crippen LogP contribution in [0.5, 0.6) is 0 Å². The monoisotopic (exact) mass is 380 g/mol. The highest BCUT2D eigenvalue weighted by Gasteiger charge is 2.29. The van der Waals surface area contributed by atoms with Gasteiger partial charge in [-0.15, -0.1) is 0 Å². The van der Waals surface area contributed by atoms with E-state index in [1.54, 1.807) is 4.90 Å². The molecule has 2 aromatic rings. The minimum absolute atomic E-state index is 0.0119. The van der Waals surface area contributed by atoms with Crippen LogP contribution in [0.2, 0.25) is 0 Å². The van der Waals surface area contributed by atoms with Crippen LogP contribution >= 0.6 is 0 Å². The Kier molecular flexibility index (Phi) is 8.24. The SMILES string of the molecule is CCC(=O)N(Cc1cccc(C)c1)[C@@H](Cc1ccccc1)C(=O)NCC(C)C. The number of benzene rings is 2. The number of nitrogens with zero attached hydrogens (tertiary/aromatic N) is 1. The Morgan fingerprint density at radius 2 is 1.68 bits per heavy atom. The van der Waals surface area contributed by atoms with E-state index < -0.39 is 6.04 Å². The van der Waals surface area contributed by atoms with E-state index in [1.165, 1.54) is 0 Å². The highest BCUT2D eigenvalue weighted by atomic mass is 16.2. The van der Waals surface area contributed by atoms with Crippen molar-refractivity contribution in [3.8, 4) is 0 Å². The number of rotatable bonds is 9. The Bertz CT molecular complexity index is 771. The van der Waals surface area contributed by atoms with E-state index in [-0.39, 0.29) is 11.8 Å². The molecule has 4 nitrogen and oxygen atoms in total. The molecule has 0 fully saturated rings. The molecule has 1 atom stereocenters. The zero-order chi connectivity index (χ0) is 20.5. The summed E-state index contributed by atoms with van der Waals surface area (Å²) in [7, 11) is 0. The number of amides is 2. The van der Waals surface area contributed by atoms with Gasteiger partial charge in [-0.2, -0.15) is 0 Å². The van der Waals surface area contributed by atoms with Gasteiger partial charge in [-0.05, 0) is 24.0 Å². The molecule has 0 heterocycles. The van der Waals surface area contributed by atoms with Gasteiger partial charge in [0.05, 0.1) is 0 Å². The van der Waals surface area contributed by atoms with E-state index >= 15 is 0 Å². The van der Waals surface area contributed by atoms with Gasteiger partial charge < -0.3 is 10.2 Å². The lowest BCUT2D eigenvalue weighted by molar-refractivity contribution is -0.141. The maximum atomic E-state index is 13.1. The van der Waals surface area contributed by atoms with Crippen LogP contribution in [0, 0.1) is 12.8 Å². The molecule has 1 N–H and O–H groups in total. The fourth-order valence-electron chi connectivity index (χ4n) is 3.19. The van der Waals surface area contributed by atoms with Crippen LogP contribution in [-0.4, -0.2) is 29.3 Å². The largest absolute Gasteiger partial charge is 0.354 e. The molecule has 0 bridgehead atoms. The molecule has 28 heavy (non-hydrogen) atoms. The molecule has 2 rings (SSSR count). The maximum absolute atomic E-state index is 13.1. The molecule has 0 aliphatic carbocycles. The first-order chi connectivity index (χ1) is 13.4. The summed E-state index contributed by atoms with van der Waals surface area (Å²) in [5.41, 5.74) is 3.23. The van der Waals surface area contributed by atoms with Crippen molar-refractivity contribution in [1.29, 1.82) is 0 Å². The molecule has 0 saturated carbocycles. The first-order valence-corrected chi connectivity index (χ1v) is 10.1. The van der Waals surface area contributed by atoms with E-state index in [0.29, 0.717) is 31.8 Å². The predicted molar refractivity (Wildman–Crippen MR) is 114 cm³/mol. The first-order valence-electron chi connectivity index (χ1n) is 10.1. The van der Waals surface area contributed by atoms with Crippen LogP contribution in [-0.2, 0) is 22.6 Å². The Balaban J connectivity index is 2.32. The van der Waals surface area contributed by atoms with Gasteiger partial charge in [0.2, 0.25) is 11.8 Å². The molecule has 4 heteroatoms. The summed E-state index contributed by atoms with van der Waals surface area (Å²) >= 11 is 0. The van der Waals surface area contributed by atoms with Crippen molar-refractivity contribution in [2.24, 2.45) is 5.92 Å². The van der Waals surface area contributed by atoms with Crippen LogP contribution in [0.1, 0.15) is 43.9 Å². The van der Waals surface area contributed by atoms with E-state index in [9.17, 15) is 9.59 Å². The molecule has 0 spiro atoms. The molecule has 2 aromatic carbocycles. The molecule has 0 aliphatic rings. The molecule has 0 saturated heterocycles. The quantitative estimate of drug-likeness (QED) is 0.711. The second kappa shape index (κ2) is 10.6. The van der Waals surface area contributed by atoms with Crippen LogP contribution in [0.3, 0.4) is 0 Å². The molecule has 0 aliphatic heterocycles. The van der Waals surface area contributed by atoms with Crippen LogP contribution in [0.4, 0.5) is 0 Å². The number of nitrogens with one attached hydrogen (secondary N) is 1. The van der Waals surface area contributed by atoms with Crippen molar-refractivity contribution < 1.29 is 9.59 Å². The van der Waals surface area contributed by atoms with Gasteiger partial charge in [0.1, 0.15) is 6.04 Å². The van der Waals surface area contributed by atoms with E-state index in [4.69, 9.17) is 0 Å². The number of carbonyl (C=O) groups is 2.